The number of amides is 1. The lowest BCUT2D eigenvalue weighted by Gasteiger charge is -2.30. The number of piperidine rings is 1. The van der Waals surface area contributed by atoms with E-state index in [0.717, 1.165) is 0 Å². The number of hydrogen-bond acceptors (Lipinski definition) is 7. The van der Waals surface area contributed by atoms with Gasteiger partial charge in [0.2, 0.25) is 11.2 Å². The van der Waals surface area contributed by atoms with Crippen LogP contribution in [0.4, 0.5) is 4.39 Å². The van der Waals surface area contributed by atoms with Crippen molar-refractivity contribution >= 4 is 22.8 Å². The summed E-state index contributed by atoms with van der Waals surface area (Å²) in [6.45, 7) is 4.47. The fourth-order valence-corrected chi connectivity index (χ4v) is 3.96. The summed E-state index contributed by atoms with van der Waals surface area (Å²) >= 11 is 0. The highest BCUT2D eigenvalue weighted by Crippen LogP contribution is 2.27. The normalized spacial score (nSPS) is 14.1. The van der Waals surface area contributed by atoms with E-state index in [9.17, 15) is 18.8 Å². The van der Waals surface area contributed by atoms with Crippen LogP contribution in [0.25, 0.3) is 11.0 Å². The fraction of sp³-hybridized carbons (Fsp3) is 0.346. The standard InChI is InChI=1S/C26H26FNO7/c1-3-32-26(31)17-10-12-28(13-11-17)23(29)15-33-20-8-9-21-22(14-20)34-16(2)25(24(21)30)35-19-6-4-18(27)5-7-19/h4-9,14,17H,3,10-13,15H2,1-2H3. The van der Waals surface area contributed by atoms with E-state index in [4.69, 9.17) is 18.6 Å². The molecule has 1 aliphatic rings. The minimum Gasteiger partial charge on any atom is -0.484 e. The fourth-order valence-electron chi connectivity index (χ4n) is 3.96. The number of aryl methyl sites for hydroxylation is 1. The summed E-state index contributed by atoms with van der Waals surface area (Å²) in [6, 6.07) is 9.99. The van der Waals surface area contributed by atoms with Gasteiger partial charge >= 0.3 is 5.97 Å². The summed E-state index contributed by atoms with van der Waals surface area (Å²) in [5.41, 5.74) is -0.0840. The molecule has 8 nitrogen and oxygen atoms in total. The first-order chi connectivity index (χ1) is 16.9. The molecule has 184 valence electrons. The topological polar surface area (TPSA) is 95.3 Å². The van der Waals surface area contributed by atoms with Gasteiger partial charge in [-0.25, -0.2) is 4.39 Å². The van der Waals surface area contributed by atoms with Gasteiger partial charge in [0.1, 0.15) is 28.7 Å². The van der Waals surface area contributed by atoms with Crippen LogP contribution in [0.2, 0.25) is 0 Å². The molecule has 0 atom stereocenters. The summed E-state index contributed by atoms with van der Waals surface area (Å²) in [4.78, 5) is 39.0. The van der Waals surface area contributed by atoms with Crippen LogP contribution in [-0.2, 0) is 14.3 Å². The second-order valence-electron chi connectivity index (χ2n) is 8.23. The quantitative estimate of drug-likeness (QED) is 0.465. The molecule has 1 aliphatic heterocycles. The van der Waals surface area contributed by atoms with Crippen molar-refractivity contribution in [1.82, 2.24) is 4.90 Å². The van der Waals surface area contributed by atoms with Gasteiger partial charge in [-0.05, 0) is 63.1 Å². The molecule has 1 saturated heterocycles. The van der Waals surface area contributed by atoms with Gasteiger partial charge in [0.25, 0.3) is 5.91 Å². The Labute approximate surface area is 201 Å². The first-order valence-electron chi connectivity index (χ1n) is 11.4. The number of halogens is 1. The molecular formula is C26H26FNO7. The van der Waals surface area contributed by atoms with Crippen LogP contribution in [0.15, 0.2) is 51.7 Å². The Morgan fingerprint density at radius 2 is 1.77 bits per heavy atom. The van der Waals surface area contributed by atoms with Crippen molar-refractivity contribution in [3.8, 4) is 17.2 Å². The predicted molar refractivity (Wildman–Crippen MR) is 125 cm³/mol. The van der Waals surface area contributed by atoms with E-state index in [2.05, 4.69) is 0 Å². The molecule has 0 radical (unpaired) electrons. The number of likely N-dealkylation sites (tertiary alicyclic amines) is 1. The predicted octanol–water partition coefficient (Wildman–Crippen LogP) is 4.21. The SMILES string of the molecule is CCOC(=O)C1CCN(C(=O)COc2ccc3c(=O)c(Oc4ccc(F)cc4)c(C)oc3c2)CC1. The zero-order chi connectivity index (χ0) is 24.9. The van der Waals surface area contributed by atoms with Crippen molar-refractivity contribution in [2.75, 3.05) is 26.3 Å². The average Bonchev–Trinajstić information content (AvgIpc) is 2.86. The molecule has 1 aromatic heterocycles. The Hall–Kier alpha value is -3.88. The Kier molecular flexibility index (Phi) is 7.33. The number of benzene rings is 2. The molecule has 0 unspecified atom stereocenters. The maximum Gasteiger partial charge on any atom is 0.309 e. The van der Waals surface area contributed by atoms with Crippen LogP contribution in [0, 0.1) is 18.7 Å². The molecule has 0 N–H and O–H groups in total. The number of fused-ring (bicyclic) bond motifs is 1. The molecule has 0 aliphatic carbocycles. The summed E-state index contributed by atoms with van der Waals surface area (Å²) in [6.07, 6.45) is 1.13. The van der Waals surface area contributed by atoms with Gasteiger partial charge in [-0.1, -0.05) is 0 Å². The summed E-state index contributed by atoms with van der Waals surface area (Å²) in [5.74, 6) is -0.0324. The van der Waals surface area contributed by atoms with Crippen LogP contribution >= 0.6 is 0 Å². The van der Waals surface area contributed by atoms with E-state index in [-0.39, 0.29) is 46.7 Å². The molecule has 9 heteroatoms. The Morgan fingerprint density at radius 1 is 1.09 bits per heavy atom. The zero-order valence-electron chi connectivity index (χ0n) is 19.5. The van der Waals surface area contributed by atoms with E-state index in [0.29, 0.717) is 49.6 Å². The minimum atomic E-state index is -0.410. The molecule has 0 spiro atoms. The summed E-state index contributed by atoms with van der Waals surface area (Å²) < 4.78 is 35.2. The van der Waals surface area contributed by atoms with Crippen molar-refractivity contribution in [2.45, 2.75) is 26.7 Å². The van der Waals surface area contributed by atoms with Crippen LogP contribution in [-0.4, -0.2) is 43.1 Å². The van der Waals surface area contributed by atoms with Gasteiger partial charge in [-0.15, -0.1) is 0 Å². The van der Waals surface area contributed by atoms with Crippen molar-refractivity contribution < 1.29 is 32.6 Å². The second kappa shape index (κ2) is 10.6. The lowest BCUT2D eigenvalue weighted by Crippen LogP contribution is -2.42. The van der Waals surface area contributed by atoms with E-state index >= 15 is 0 Å². The van der Waals surface area contributed by atoms with Gasteiger partial charge in [-0.2, -0.15) is 0 Å². The second-order valence-corrected chi connectivity index (χ2v) is 8.23. The Balaban J connectivity index is 1.40. The molecule has 35 heavy (non-hydrogen) atoms. The number of esters is 1. The molecule has 4 rings (SSSR count). The van der Waals surface area contributed by atoms with Crippen LogP contribution in [0.1, 0.15) is 25.5 Å². The van der Waals surface area contributed by atoms with Crippen LogP contribution < -0.4 is 14.9 Å². The summed E-state index contributed by atoms with van der Waals surface area (Å²) in [7, 11) is 0. The molecule has 1 fully saturated rings. The number of carbonyl (C=O) groups excluding carboxylic acids is 2. The highest BCUT2D eigenvalue weighted by atomic mass is 19.1. The molecule has 0 bridgehead atoms. The minimum absolute atomic E-state index is 0.0131. The van der Waals surface area contributed by atoms with Crippen molar-refractivity contribution in [3.05, 3.63) is 64.3 Å². The first kappa shape index (κ1) is 24.3. The van der Waals surface area contributed by atoms with Gasteiger partial charge in [0.15, 0.2) is 6.61 Å². The number of carbonyl (C=O) groups is 2. The number of rotatable bonds is 7. The van der Waals surface area contributed by atoms with Gasteiger partial charge in [0, 0.05) is 19.2 Å². The van der Waals surface area contributed by atoms with E-state index in [1.54, 1.807) is 36.9 Å². The maximum atomic E-state index is 13.1. The largest absolute Gasteiger partial charge is 0.484 e. The van der Waals surface area contributed by atoms with E-state index < -0.39 is 5.82 Å². The molecule has 1 amide bonds. The van der Waals surface area contributed by atoms with Gasteiger partial charge < -0.3 is 23.5 Å². The average molecular weight is 483 g/mol. The summed E-state index contributed by atoms with van der Waals surface area (Å²) in [5, 5.41) is 0.285. The third-order valence-corrected chi connectivity index (χ3v) is 5.85. The van der Waals surface area contributed by atoms with E-state index in [1.165, 1.54) is 24.3 Å². The molecule has 2 heterocycles. The first-order valence-corrected chi connectivity index (χ1v) is 11.4. The van der Waals surface area contributed by atoms with Crippen molar-refractivity contribution in [1.29, 1.82) is 0 Å². The third kappa shape index (κ3) is 5.62. The Bertz CT molecular complexity index is 1280. The highest BCUT2D eigenvalue weighted by molar-refractivity contribution is 5.81. The molecular weight excluding hydrogens is 457 g/mol. The highest BCUT2D eigenvalue weighted by Gasteiger charge is 2.28. The lowest BCUT2D eigenvalue weighted by molar-refractivity contribution is -0.151. The third-order valence-electron chi connectivity index (χ3n) is 5.85. The van der Waals surface area contributed by atoms with Crippen LogP contribution in [0.5, 0.6) is 17.2 Å². The van der Waals surface area contributed by atoms with Crippen molar-refractivity contribution in [3.63, 3.8) is 0 Å². The molecule has 3 aromatic rings. The number of hydrogen-bond donors (Lipinski definition) is 0. The lowest BCUT2D eigenvalue weighted by atomic mass is 9.97. The zero-order valence-corrected chi connectivity index (χ0v) is 19.5. The number of ether oxygens (including phenoxy) is 3. The smallest absolute Gasteiger partial charge is 0.309 e. The van der Waals surface area contributed by atoms with Crippen LogP contribution in [0.3, 0.4) is 0 Å². The number of nitrogens with zero attached hydrogens (tertiary/aromatic N) is 1. The molecule has 0 saturated carbocycles. The monoisotopic (exact) mass is 483 g/mol. The molecule has 2 aromatic carbocycles. The van der Waals surface area contributed by atoms with Crippen molar-refractivity contribution in [2.24, 2.45) is 5.92 Å². The van der Waals surface area contributed by atoms with E-state index in [1.807, 2.05) is 0 Å². The van der Waals surface area contributed by atoms with Gasteiger partial charge in [0.05, 0.1) is 17.9 Å². The Morgan fingerprint density at radius 3 is 2.46 bits per heavy atom. The van der Waals surface area contributed by atoms with Gasteiger partial charge in [-0.3, -0.25) is 14.4 Å². The maximum absolute atomic E-state index is 13.1.